The zero-order valence-corrected chi connectivity index (χ0v) is 22.7. The van der Waals surface area contributed by atoms with Crippen LogP contribution in [0.1, 0.15) is 22.3 Å². The van der Waals surface area contributed by atoms with Crippen LogP contribution < -0.4 is 9.47 Å². The molecule has 0 saturated carbocycles. The standard InChI is InChI=1S/C26H20BrCl2NO4S/c1-15-4-3-5-16(8-15)13-30-25(31)23(35-26(30)32)11-17-9-20(27)24(22(10-17)33-2)34-14-18-6-7-19(28)12-21(18)29/h3-12H,13-14H2,1-2H3/b23-11+. The number of amides is 2. The van der Waals surface area contributed by atoms with Crippen LogP contribution in [0.4, 0.5) is 4.79 Å². The SMILES string of the molecule is COc1cc(/C=C2/SC(=O)N(Cc3cccc(C)c3)C2=O)cc(Br)c1OCc1ccc(Cl)cc1Cl. The number of rotatable bonds is 7. The fourth-order valence-corrected chi connectivity index (χ4v) is 5.41. The molecule has 1 aliphatic rings. The molecular weight excluding hydrogens is 573 g/mol. The third-order valence-electron chi connectivity index (χ3n) is 5.23. The number of hydrogen-bond donors (Lipinski definition) is 0. The number of carbonyl (C=O) groups excluding carboxylic acids is 2. The van der Waals surface area contributed by atoms with Crippen LogP contribution in [-0.2, 0) is 17.9 Å². The summed E-state index contributed by atoms with van der Waals surface area (Å²) in [6, 6.07) is 16.5. The summed E-state index contributed by atoms with van der Waals surface area (Å²) in [5.41, 5.74) is 3.44. The molecular formula is C26H20BrCl2NO4S. The predicted octanol–water partition coefficient (Wildman–Crippen LogP) is 7.89. The molecule has 0 spiro atoms. The van der Waals surface area contributed by atoms with Crippen molar-refractivity contribution in [3.05, 3.63) is 96.3 Å². The molecule has 4 rings (SSSR count). The van der Waals surface area contributed by atoms with Crippen molar-refractivity contribution in [2.75, 3.05) is 7.11 Å². The molecule has 0 aliphatic carbocycles. The van der Waals surface area contributed by atoms with Crippen molar-refractivity contribution in [2.45, 2.75) is 20.1 Å². The second-order valence-corrected chi connectivity index (χ2v) is 10.5. The second-order valence-electron chi connectivity index (χ2n) is 7.82. The van der Waals surface area contributed by atoms with Crippen molar-refractivity contribution in [1.82, 2.24) is 4.90 Å². The van der Waals surface area contributed by atoms with Crippen LogP contribution in [0.15, 0.2) is 64.0 Å². The monoisotopic (exact) mass is 591 g/mol. The molecule has 1 aliphatic heterocycles. The summed E-state index contributed by atoms with van der Waals surface area (Å²) in [5.74, 6) is 0.632. The Labute approximate surface area is 226 Å². The Morgan fingerprint density at radius 3 is 2.60 bits per heavy atom. The first kappa shape index (κ1) is 25.6. The highest BCUT2D eigenvalue weighted by Gasteiger charge is 2.35. The minimum atomic E-state index is -0.325. The van der Waals surface area contributed by atoms with E-state index in [1.54, 1.807) is 36.4 Å². The van der Waals surface area contributed by atoms with Crippen LogP contribution in [0.3, 0.4) is 0 Å². The molecule has 0 bridgehead atoms. The lowest BCUT2D eigenvalue weighted by Gasteiger charge is -2.14. The third-order valence-corrected chi connectivity index (χ3v) is 7.32. The highest BCUT2D eigenvalue weighted by molar-refractivity contribution is 9.10. The van der Waals surface area contributed by atoms with Gasteiger partial charge in [0.25, 0.3) is 11.1 Å². The van der Waals surface area contributed by atoms with Gasteiger partial charge in [-0.1, -0.05) is 59.1 Å². The molecule has 180 valence electrons. The zero-order valence-electron chi connectivity index (χ0n) is 18.8. The van der Waals surface area contributed by atoms with Gasteiger partial charge in [-0.2, -0.15) is 0 Å². The normalized spacial score (nSPS) is 14.7. The second kappa shape index (κ2) is 11.1. The Morgan fingerprint density at radius 2 is 1.89 bits per heavy atom. The van der Waals surface area contributed by atoms with Gasteiger partial charge in [0.15, 0.2) is 11.5 Å². The highest BCUT2D eigenvalue weighted by Crippen LogP contribution is 2.40. The molecule has 9 heteroatoms. The van der Waals surface area contributed by atoms with E-state index in [1.807, 2.05) is 31.2 Å². The van der Waals surface area contributed by atoms with E-state index in [0.717, 1.165) is 28.5 Å². The Kier molecular flexibility index (Phi) is 8.12. The Balaban J connectivity index is 1.54. The molecule has 1 saturated heterocycles. The average molecular weight is 593 g/mol. The van der Waals surface area contributed by atoms with Gasteiger partial charge in [-0.05, 0) is 76.1 Å². The van der Waals surface area contributed by atoms with E-state index < -0.39 is 0 Å². The number of benzene rings is 3. The van der Waals surface area contributed by atoms with Crippen LogP contribution in [0.25, 0.3) is 6.08 Å². The van der Waals surface area contributed by atoms with Gasteiger partial charge < -0.3 is 9.47 Å². The van der Waals surface area contributed by atoms with Gasteiger partial charge in [-0.3, -0.25) is 14.5 Å². The topological polar surface area (TPSA) is 55.8 Å². The van der Waals surface area contributed by atoms with Crippen molar-refractivity contribution in [3.63, 3.8) is 0 Å². The van der Waals surface area contributed by atoms with Gasteiger partial charge >= 0.3 is 0 Å². The van der Waals surface area contributed by atoms with Crippen molar-refractivity contribution in [3.8, 4) is 11.5 Å². The fourth-order valence-electron chi connectivity index (χ4n) is 3.53. The maximum atomic E-state index is 13.0. The summed E-state index contributed by atoms with van der Waals surface area (Å²) in [7, 11) is 1.53. The van der Waals surface area contributed by atoms with Gasteiger partial charge in [0, 0.05) is 15.6 Å². The number of thioether (sulfide) groups is 1. The molecule has 2 amide bonds. The molecule has 0 N–H and O–H groups in total. The Bertz CT molecular complexity index is 1340. The van der Waals surface area contributed by atoms with Crippen LogP contribution >= 0.6 is 50.9 Å². The lowest BCUT2D eigenvalue weighted by Crippen LogP contribution is -2.27. The Morgan fingerprint density at radius 1 is 1.09 bits per heavy atom. The summed E-state index contributed by atoms with van der Waals surface area (Å²) >= 11 is 16.6. The van der Waals surface area contributed by atoms with E-state index in [0.29, 0.717) is 36.5 Å². The van der Waals surface area contributed by atoms with Crippen molar-refractivity contribution < 1.29 is 19.1 Å². The van der Waals surface area contributed by atoms with E-state index in [9.17, 15) is 9.59 Å². The van der Waals surface area contributed by atoms with E-state index in [-0.39, 0.29) is 24.3 Å². The first-order chi connectivity index (χ1) is 16.7. The predicted molar refractivity (Wildman–Crippen MR) is 144 cm³/mol. The van der Waals surface area contributed by atoms with Gasteiger partial charge in [-0.25, -0.2) is 0 Å². The summed E-state index contributed by atoms with van der Waals surface area (Å²) in [4.78, 5) is 27.1. The number of hydrogen-bond acceptors (Lipinski definition) is 5. The molecule has 1 fully saturated rings. The van der Waals surface area contributed by atoms with E-state index in [2.05, 4.69) is 15.9 Å². The fraction of sp³-hybridized carbons (Fsp3) is 0.154. The van der Waals surface area contributed by atoms with Crippen molar-refractivity contribution >= 4 is 68.1 Å². The van der Waals surface area contributed by atoms with Crippen LogP contribution in [0.2, 0.25) is 10.0 Å². The largest absolute Gasteiger partial charge is 0.493 e. The van der Waals surface area contributed by atoms with E-state index in [1.165, 1.54) is 12.0 Å². The summed E-state index contributed by atoms with van der Waals surface area (Å²) < 4.78 is 12.1. The maximum Gasteiger partial charge on any atom is 0.293 e. The molecule has 0 radical (unpaired) electrons. The first-order valence-corrected chi connectivity index (χ1v) is 12.9. The average Bonchev–Trinajstić information content (AvgIpc) is 3.06. The number of aryl methyl sites for hydroxylation is 1. The summed E-state index contributed by atoms with van der Waals surface area (Å²) in [6.45, 7) is 2.42. The third kappa shape index (κ3) is 6.04. The minimum Gasteiger partial charge on any atom is -0.493 e. The first-order valence-electron chi connectivity index (χ1n) is 10.5. The van der Waals surface area contributed by atoms with Gasteiger partial charge in [0.05, 0.1) is 23.0 Å². The quantitative estimate of drug-likeness (QED) is 0.261. The summed E-state index contributed by atoms with van der Waals surface area (Å²) in [6.07, 6.45) is 1.67. The van der Waals surface area contributed by atoms with Crippen LogP contribution in [-0.4, -0.2) is 23.2 Å². The molecule has 3 aromatic rings. The maximum absolute atomic E-state index is 13.0. The van der Waals surface area contributed by atoms with E-state index in [4.69, 9.17) is 32.7 Å². The van der Waals surface area contributed by atoms with Gasteiger partial charge in [0.2, 0.25) is 0 Å². The Hall–Kier alpha value is -2.45. The van der Waals surface area contributed by atoms with E-state index >= 15 is 0 Å². The minimum absolute atomic E-state index is 0.210. The molecule has 5 nitrogen and oxygen atoms in total. The molecule has 0 aromatic heterocycles. The lowest BCUT2D eigenvalue weighted by atomic mass is 10.1. The summed E-state index contributed by atoms with van der Waals surface area (Å²) in [5, 5.41) is 0.754. The van der Waals surface area contributed by atoms with Gasteiger partial charge in [0.1, 0.15) is 6.61 Å². The highest BCUT2D eigenvalue weighted by atomic mass is 79.9. The van der Waals surface area contributed by atoms with Crippen LogP contribution in [0.5, 0.6) is 11.5 Å². The number of ether oxygens (including phenoxy) is 2. The molecule has 1 heterocycles. The molecule has 0 unspecified atom stereocenters. The number of halogens is 3. The number of imide groups is 1. The number of methoxy groups -OCH3 is 1. The van der Waals surface area contributed by atoms with Gasteiger partial charge in [-0.15, -0.1) is 0 Å². The smallest absolute Gasteiger partial charge is 0.293 e. The molecule has 3 aromatic carbocycles. The lowest BCUT2D eigenvalue weighted by molar-refractivity contribution is -0.123. The number of carbonyl (C=O) groups is 2. The molecule has 0 atom stereocenters. The van der Waals surface area contributed by atoms with Crippen LogP contribution in [0, 0.1) is 6.92 Å². The molecule has 35 heavy (non-hydrogen) atoms. The zero-order chi connectivity index (χ0) is 25.1. The number of nitrogens with zero attached hydrogens (tertiary/aromatic N) is 1. The van der Waals surface area contributed by atoms with Crippen molar-refractivity contribution in [1.29, 1.82) is 0 Å². The van der Waals surface area contributed by atoms with Crippen molar-refractivity contribution in [2.24, 2.45) is 0 Å².